The predicted molar refractivity (Wildman–Crippen MR) is 79.8 cm³/mol. The van der Waals surface area contributed by atoms with Crippen molar-refractivity contribution >= 4 is 37.3 Å². The van der Waals surface area contributed by atoms with Gasteiger partial charge in [0.15, 0.2) is 5.82 Å². The lowest BCUT2D eigenvalue weighted by molar-refractivity contribution is 0.580. The lowest BCUT2D eigenvalue weighted by Crippen LogP contribution is -2.26. The van der Waals surface area contributed by atoms with Crippen LogP contribution in [0.25, 0.3) is 0 Å². The van der Waals surface area contributed by atoms with Crippen molar-refractivity contribution in [1.82, 2.24) is 19.5 Å². The number of nitrogens with zero attached hydrogens (tertiary/aromatic N) is 3. The van der Waals surface area contributed by atoms with E-state index >= 15 is 0 Å². The molecule has 0 saturated carbocycles. The highest BCUT2D eigenvalue weighted by atomic mass is 79.9. The van der Waals surface area contributed by atoms with Gasteiger partial charge in [0.25, 0.3) is 0 Å². The maximum absolute atomic E-state index is 12.2. The molecule has 0 atom stereocenters. The fraction of sp³-hybridized carbons (Fsp3) is 0.400. The number of nitrogens with one attached hydrogen (secondary N) is 1. The minimum absolute atomic E-state index is 0.219. The van der Waals surface area contributed by atoms with Crippen molar-refractivity contribution in [3.05, 3.63) is 26.9 Å². The quantitative estimate of drug-likeness (QED) is 0.765. The molecule has 0 radical (unpaired) electrons. The van der Waals surface area contributed by atoms with Gasteiger partial charge in [0.05, 0.1) is 3.79 Å². The van der Waals surface area contributed by atoms with Crippen molar-refractivity contribution in [2.75, 3.05) is 6.54 Å². The molecule has 0 aromatic carbocycles. The molecule has 2 aromatic rings. The first-order chi connectivity index (χ1) is 9.42. The lowest BCUT2D eigenvalue weighted by atomic mass is 10.4. The summed E-state index contributed by atoms with van der Waals surface area (Å²) in [5, 5.41) is 4.08. The van der Waals surface area contributed by atoms with Crippen LogP contribution in [0, 0.1) is 0 Å². The first-order valence-corrected chi connectivity index (χ1v) is 8.84. The second-order valence-corrected chi connectivity index (χ2v) is 8.23. The number of nitrogens with two attached hydrogens (primary N) is 1. The summed E-state index contributed by atoms with van der Waals surface area (Å²) in [6.07, 6.45) is 2.01. The van der Waals surface area contributed by atoms with Gasteiger partial charge in [0.1, 0.15) is 11.2 Å². The average Bonchev–Trinajstić information content (AvgIpc) is 2.95. The molecule has 0 spiro atoms. The molecule has 0 unspecified atom stereocenters. The van der Waals surface area contributed by atoms with Gasteiger partial charge in [0, 0.05) is 31.4 Å². The minimum atomic E-state index is -3.55. The zero-order valence-corrected chi connectivity index (χ0v) is 13.9. The zero-order chi connectivity index (χ0) is 14.8. The van der Waals surface area contributed by atoms with Gasteiger partial charge >= 0.3 is 0 Å². The lowest BCUT2D eigenvalue weighted by Gasteiger charge is -2.04. The van der Waals surface area contributed by atoms with Crippen LogP contribution in [0.4, 0.5) is 0 Å². The molecular weight excluding hydrogens is 366 g/mol. The maximum atomic E-state index is 12.2. The molecular formula is C10H14BrN5O2S2. The monoisotopic (exact) mass is 379 g/mol. The number of halogens is 1. The number of sulfonamides is 1. The van der Waals surface area contributed by atoms with E-state index in [1.54, 1.807) is 24.1 Å². The SMILES string of the molecule is Cn1cnc(CCNS(=O)(=O)c2cc(CN)sc2Br)n1. The van der Waals surface area contributed by atoms with E-state index in [-0.39, 0.29) is 11.4 Å². The Morgan fingerprint density at radius 3 is 2.85 bits per heavy atom. The van der Waals surface area contributed by atoms with Crippen molar-refractivity contribution in [3.63, 3.8) is 0 Å². The molecule has 2 heterocycles. The van der Waals surface area contributed by atoms with E-state index in [1.165, 1.54) is 11.3 Å². The fourth-order valence-corrected chi connectivity index (χ4v) is 5.15. The molecule has 0 fully saturated rings. The molecule has 3 N–H and O–H groups in total. The Balaban J connectivity index is 2.01. The van der Waals surface area contributed by atoms with Crippen LogP contribution >= 0.6 is 27.3 Å². The highest BCUT2D eigenvalue weighted by molar-refractivity contribution is 9.11. The molecule has 0 saturated heterocycles. The number of rotatable bonds is 6. The average molecular weight is 380 g/mol. The molecule has 2 aromatic heterocycles. The van der Waals surface area contributed by atoms with E-state index in [0.29, 0.717) is 22.6 Å². The number of aromatic nitrogens is 3. The molecule has 0 aliphatic heterocycles. The molecule has 0 bridgehead atoms. The van der Waals surface area contributed by atoms with E-state index in [4.69, 9.17) is 5.73 Å². The van der Waals surface area contributed by atoms with Crippen LogP contribution in [0.5, 0.6) is 0 Å². The summed E-state index contributed by atoms with van der Waals surface area (Å²) in [5.41, 5.74) is 5.51. The van der Waals surface area contributed by atoms with Crippen LogP contribution in [0.15, 0.2) is 21.1 Å². The van der Waals surface area contributed by atoms with E-state index in [9.17, 15) is 8.42 Å². The summed E-state index contributed by atoms with van der Waals surface area (Å²) in [6, 6.07) is 1.58. The molecule has 110 valence electrons. The fourth-order valence-electron chi connectivity index (χ4n) is 1.56. The predicted octanol–water partition coefficient (Wildman–Crippen LogP) is 0.619. The summed E-state index contributed by atoms with van der Waals surface area (Å²) in [7, 11) is -1.79. The Labute approximate surface area is 129 Å². The van der Waals surface area contributed by atoms with E-state index in [1.807, 2.05) is 0 Å². The van der Waals surface area contributed by atoms with Crippen molar-refractivity contribution in [2.45, 2.75) is 17.9 Å². The first-order valence-electron chi connectivity index (χ1n) is 5.75. The second-order valence-electron chi connectivity index (χ2n) is 4.04. The third kappa shape index (κ3) is 3.64. The van der Waals surface area contributed by atoms with Crippen LogP contribution in [0.2, 0.25) is 0 Å². The van der Waals surface area contributed by atoms with Gasteiger partial charge in [0.2, 0.25) is 10.0 Å². The largest absolute Gasteiger partial charge is 0.326 e. The summed E-state index contributed by atoms with van der Waals surface area (Å²) >= 11 is 4.57. The Kier molecular flexibility index (Phi) is 4.91. The molecule has 7 nitrogen and oxygen atoms in total. The molecule has 2 rings (SSSR count). The summed E-state index contributed by atoms with van der Waals surface area (Å²) in [6.45, 7) is 0.559. The van der Waals surface area contributed by atoms with E-state index < -0.39 is 10.0 Å². The van der Waals surface area contributed by atoms with E-state index in [0.717, 1.165) is 4.88 Å². The molecule has 0 aliphatic carbocycles. The summed E-state index contributed by atoms with van der Waals surface area (Å²) < 4.78 is 29.0. The smallest absolute Gasteiger partial charge is 0.242 e. The van der Waals surface area contributed by atoms with Crippen molar-refractivity contribution < 1.29 is 8.42 Å². The maximum Gasteiger partial charge on any atom is 0.242 e. The minimum Gasteiger partial charge on any atom is -0.326 e. The van der Waals surface area contributed by atoms with Gasteiger partial charge in [-0.2, -0.15) is 5.10 Å². The number of hydrogen-bond acceptors (Lipinski definition) is 6. The third-order valence-electron chi connectivity index (χ3n) is 2.48. The molecule has 0 aliphatic rings. The van der Waals surface area contributed by atoms with Gasteiger partial charge in [-0.05, 0) is 22.0 Å². The van der Waals surface area contributed by atoms with Crippen LogP contribution in [0.1, 0.15) is 10.7 Å². The van der Waals surface area contributed by atoms with Crippen LogP contribution < -0.4 is 10.5 Å². The summed E-state index contributed by atoms with van der Waals surface area (Å²) in [4.78, 5) is 5.06. The van der Waals surface area contributed by atoms with Gasteiger partial charge in [-0.25, -0.2) is 18.1 Å². The summed E-state index contributed by atoms with van der Waals surface area (Å²) in [5.74, 6) is 0.599. The first kappa shape index (κ1) is 15.6. The second kappa shape index (κ2) is 6.31. The Hall–Kier alpha value is -0.810. The van der Waals surface area contributed by atoms with Gasteiger partial charge < -0.3 is 5.73 Å². The van der Waals surface area contributed by atoms with Gasteiger partial charge in [-0.1, -0.05) is 0 Å². The normalized spacial score (nSPS) is 11.9. The zero-order valence-electron chi connectivity index (χ0n) is 10.7. The Bertz CT molecular complexity index is 694. The Morgan fingerprint density at radius 2 is 2.30 bits per heavy atom. The van der Waals surface area contributed by atoms with Crippen LogP contribution in [0.3, 0.4) is 0 Å². The van der Waals surface area contributed by atoms with Gasteiger partial charge in [-0.15, -0.1) is 11.3 Å². The highest BCUT2D eigenvalue weighted by Crippen LogP contribution is 2.31. The standard InChI is InChI=1S/C10H14BrN5O2S2/c1-16-6-13-9(15-16)2-3-14-20(17,18)8-4-7(5-12)19-10(8)11/h4,6,14H,2-3,5,12H2,1H3. The van der Waals surface area contributed by atoms with E-state index in [2.05, 4.69) is 30.7 Å². The van der Waals surface area contributed by atoms with Crippen LogP contribution in [-0.2, 0) is 30.0 Å². The topological polar surface area (TPSA) is 103 Å². The van der Waals surface area contributed by atoms with Crippen molar-refractivity contribution in [2.24, 2.45) is 12.8 Å². The molecule has 20 heavy (non-hydrogen) atoms. The third-order valence-corrected chi connectivity index (χ3v) is 6.22. The van der Waals surface area contributed by atoms with Crippen molar-refractivity contribution in [1.29, 1.82) is 0 Å². The number of hydrogen-bond donors (Lipinski definition) is 2. The number of thiophene rings is 1. The Morgan fingerprint density at radius 1 is 1.55 bits per heavy atom. The van der Waals surface area contributed by atoms with Gasteiger partial charge in [-0.3, -0.25) is 4.68 Å². The van der Waals surface area contributed by atoms with Crippen molar-refractivity contribution in [3.8, 4) is 0 Å². The molecule has 10 heteroatoms. The highest BCUT2D eigenvalue weighted by Gasteiger charge is 2.20. The van der Waals surface area contributed by atoms with Crippen LogP contribution in [-0.4, -0.2) is 29.7 Å². The molecule has 0 amide bonds. The number of aryl methyl sites for hydroxylation is 1.